The smallest absolute Gasteiger partial charge is 0.339 e. The van der Waals surface area contributed by atoms with Crippen molar-refractivity contribution in [3.8, 4) is 0 Å². The number of hydrogen-bond acceptors (Lipinski definition) is 6. The number of aromatic nitrogens is 1. The third kappa shape index (κ3) is 3.08. The van der Waals surface area contributed by atoms with Crippen molar-refractivity contribution in [2.24, 2.45) is 5.41 Å². The molecule has 1 N–H and O–H groups in total. The molecule has 0 spiro atoms. The second kappa shape index (κ2) is 5.79. The van der Waals surface area contributed by atoms with Crippen LogP contribution in [-0.4, -0.2) is 36.2 Å². The van der Waals surface area contributed by atoms with Gasteiger partial charge in [-0.05, 0) is 26.0 Å². The summed E-state index contributed by atoms with van der Waals surface area (Å²) in [4.78, 5) is 26.8. The highest BCUT2D eigenvalue weighted by atomic mass is 16.5. The van der Waals surface area contributed by atoms with Crippen LogP contribution in [0.4, 0.5) is 0 Å². The van der Waals surface area contributed by atoms with E-state index in [1.807, 2.05) is 0 Å². The zero-order valence-electron chi connectivity index (χ0n) is 11.3. The van der Waals surface area contributed by atoms with Crippen LogP contribution in [0.1, 0.15) is 36.0 Å². The second-order valence-corrected chi connectivity index (χ2v) is 4.58. The Bertz CT molecular complexity index is 466. The Hall–Kier alpha value is -1.95. The van der Waals surface area contributed by atoms with E-state index >= 15 is 0 Å². The molecule has 104 valence electrons. The Labute approximate surface area is 111 Å². The monoisotopic (exact) mass is 267 g/mol. The van der Waals surface area contributed by atoms with Crippen LogP contribution in [0.15, 0.2) is 18.3 Å². The summed E-state index contributed by atoms with van der Waals surface area (Å²) in [5, 5.41) is 10.2. The average Bonchev–Trinajstić information content (AvgIpc) is 2.44. The molecule has 0 aliphatic carbocycles. The molecular formula is C13H17NO5. The minimum absolute atomic E-state index is 0.273. The minimum atomic E-state index is -1.13. The standard InChI is InChI=1S/C13H17NO5/c1-13(2,12(17)19-4)10(15)9-6-5-8(7-14-9)11(16)18-3/h5-7,10,15H,1-4H3. The number of methoxy groups -OCH3 is 2. The lowest BCUT2D eigenvalue weighted by molar-refractivity contribution is -0.157. The van der Waals surface area contributed by atoms with Crippen molar-refractivity contribution in [1.29, 1.82) is 0 Å². The molecule has 1 heterocycles. The first-order valence-electron chi connectivity index (χ1n) is 5.65. The fourth-order valence-electron chi connectivity index (χ4n) is 1.55. The van der Waals surface area contributed by atoms with Crippen molar-refractivity contribution in [2.45, 2.75) is 20.0 Å². The summed E-state index contributed by atoms with van der Waals surface area (Å²) in [5.74, 6) is -1.06. The van der Waals surface area contributed by atoms with Crippen LogP contribution in [0, 0.1) is 5.41 Å². The Morgan fingerprint density at radius 2 is 1.89 bits per heavy atom. The van der Waals surface area contributed by atoms with Gasteiger partial charge < -0.3 is 14.6 Å². The molecule has 0 fully saturated rings. The SMILES string of the molecule is COC(=O)c1ccc(C(O)C(C)(C)C(=O)OC)nc1. The van der Waals surface area contributed by atoms with Gasteiger partial charge in [-0.25, -0.2) is 4.79 Å². The number of carbonyl (C=O) groups excluding carboxylic acids is 2. The van der Waals surface area contributed by atoms with Crippen molar-refractivity contribution < 1.29 is 24.2 Å². The summed E-state index contributed by atoms with van der Waals surface area (Å²) in [6.45, 7) is 3.11. The molecule has 1 aromatic rings. The van der Waals surface area contributed by atoms with E-state index in [1.54, 1.807) is 13.8 Å². The molecule has 1 unspecified atom stereocenters. The molecule has 0 aromatic carbocycles. The number of esters is 2. The first-order valence-corrected chi connectivity index (χ1v) is 5.65. The van der Waals surface area contributed by atoms with Gasteiger partial charge in [0.05, 0.1) is 30.9 Å². The average molecular weight is 267 g/mol. The molecular weight excluding hydrogens is 250 g/mol. The van der Waals surface area contributed by atoms with Gasteiger partial charge in [-0.15, -0.1) is 0 Å². The molecule has 0 radical (unpaired) electrons. The van der Waals surface area contributed by atoms with Crippen LogP contribution in [0.5, 0.6) is 0 Å². The number of pyridine rings is 1. The number of carbonyl (C=O) groups is 2. The normalized spacial score (nSPS) is 12.7. The van der Waals surface area contributed by atoms with E-state index in [0.717, 1.165) is 0 Å². The molecule has 0 saturated carbocycles. The van der Waals surface area contributed by atoms with Crippen molar-refractivity contribution in [2.75, 3.05) is 14.2 Å². The van der Waals surface area contributed by atoms with Gasteiger partial charge in [0.15, 0.2) is 0 Å². The number of aliphatic hydroxyl groups is 1. The molecule has 1 rings (SSSR count). The molecule has 6 heteroatoms. The van der Waals surface area contributed by atoms with Crippen LogP contribution in [0.25, 0.3) is 0 Å². The van der Waals surface area contributed by atoms with Crippen LogP contribution < -0.4 is 0 Å². The zero-order chi connectivity index (χ0) is 14.6. The van der Waals surface area contributed by atoms with Gasteiger partial charge in [0.25, 0.3) is 0 Å². The Morgan fingerprint density at radius 1 is 1.26 bits per heavy atom. The summed E-state index contributed by atoms with van der Waals surface area (Å²) in [5.41, 5.74) is -0.577. The quantitative estimate of drug-likeness (QED) is 0.822. The van der Waals surface area contributed by atoms with Crippen LogP contribution in [0.2, 0.25) is 0 Å². The fraction of sp³-hybridized carbons (Fsp3) is 0.462. The summed E-state index contributed by atoms with van der Waals surface area (Å²) in [7, 11) is 2.52. The van der Waals surface area contributed by atoms with Crippen LogP contribution in [0.3, 0.4) is 0 Å². The highest BCUT2D eigenvalue weighted by Gasteiger charge is 2.38. The number of nitrogens with zero attached hydrogens (tertiary/aromatic N) is 1. The minimum Gasteiger partial charge on any atom is -0.469 e. The molecule has 6 nitrogen and oxygen atoms in total. The summed E-state index contributed by atoms with van der Waals surface area (Å²) >= 11 is 0. The van der Waals surface area contributed by atoms with Crippen molar-refractivity contribution in [3.05, 3.63) is 29.6 Å². The Balaban J connectivity index is 2.98. The molecule has 0 saturated heterocycles. The van der Waals surface area contributed by atoms with E-state index in [1.165, 1.54) is 32.5 Å². The lowest BCUT2D eigenvalue weighted by atomic mass is 9.84. The molecule has 0 aliphatic rings. The molecule has 1 aromatic heterocycles. The number of aliphatic hydroxyl groups excluding tert-OH is 1. The maximum absolute atomic E-state index is 11.6. The molecule has 0 aliphatic heterocycles. The van der Waals surface area contributed by atoms with Crippen LogP contribution >= 0.6 is 0 Å². The summed E-state index contributed by atoms with van der Waals surface area (Å²) in [6, 6.07) is 2.95. The predicted molar refractivity (Wildman–Crippen MR) is 66.3 cm³/mol. The maximum atomic E-state index is 11.6. The molecule has 0 amide bonds. The van der Waals surface area contributed by atoms with Crippen molar-refractivity contribution >= 4 is 11.9 Å². The van der Waals surface area contributed by atoms with Gasteiger partial charge >= 0.3 is 11.9 Å². The van der Waals surface area contributed by atoms with Gasteiger partial charge in [0, 0.05) is 6.20 Å². The number of hydrogen-bond donors (Lipinski definition) is 1. The molecule has 0 bridgehead atoms. The lowest BCUT2D eigenvalue weighted by Crippen LogP contribution is -2.33. The summed E-state index contributed by atoms with van der Waals surface area (Å²) in [6.07, 6.45) is 0.157. The molecule has 1 atom stereocenters. The predicted octanol–water partition coefficient (Wildman–Crippen LogP) is 1.10. The van der Waals surface area contributed by atoms with E-state index in [-0.39, 0.29) is 11.3 Å². The Kier molecular flexibility index (Phi) is 4.61. The van der Waals surface area contributed by atoms with E-state index in [2.05, 4.69) is 14.5 Å². The largest absolute Gasteiger partial charge is 0.469 e. The van der Waals surface area contributed by atoms with E-state index < -0.39 is 23.5 Å². The summed E-state index contributed by atoms with van der Waals surface area (Å²) < 4.78 is 9.18. The number of rotatable bonds is 4. The van der Waals surface area contributed by atoms with E-state index in [4.69, 9.17) is 0 Å². The third-order valence-electron chi connectivity index (χ3n) is 2.88. The van der Waals surface area contributed by atoms with Gasteiger partial charge in [-0.2, -0.15) is 0 Å². The molecule has 19 heavy (non-hydrogen) atoms. The van der Waals surface area contributed by atoms with Crippen molar-refractivity contribution in [3.63, 3.8) is 0 Å². The first kappa shape index (κ1) is 15.1. The van der Waals surface area contributed by atoms with Crippen LogP contribution in [-0.2, 0) is 14.3 Å². The van der Waals surface area contributed by atoms with E-state index in [0.29, 0.717) is 0 Å². The van der Waals surface area contributed by atoms with Gasteiger partial charge in [-0.3, -0.25) is 9.78 Å². The topological polar surface area (TPSA) is 85.7 Å². The van der Waals surface area contributed by atoms with Crippen molar-refractivity contribution in [1.82, 2.24) is 4.98 Å². The zero-order valence-corrected chi connectivity index (χ0v) is 11.3. The highest BCUT2D eigenvalue weighted by Crippen LogP contribution is 2.33. The first-order chi connectivity index (χ1) is 8.84. The Morgan fingerprint density at radius 3 is 2.32 bits per heavy atom. The fourth-order valence-corrected chi connectivity index (χ4v) is 1.55. The van der Waals surface area contributed by atoms with Gasteiger partial charge in [-0.1, -0.05) is 0 Å². The van der Waals surface area contributed by atoms with E-state index in [9.17, 15) is 14.7 Å². The lowest BCUT2D eigenvalue weighted by Gasteiger charge is -2.27. The highest BCUT2D eigenvalue weighted by molar-refractivity contribution is 5.88. The maximum Gasteiger partial charge on any atom is 0.339 e. The number of ether oxygens (including phenoxy) is 2. The van der Waals surface area contributed by atoms with Gasteiger partial charge in [0.2, 0.25) is 0 Å². The third-order valence-corrected chi connectivity index (χ3v) is 2.88. The van der Waals surface area contributed by atoms with Gasteiger partial charge in [0.1, 0.15) is 6.10 Å². The second-order valence-electron chi connectivity index (χ2n) is 4.58.